The van der Waals surface area contributed by atoms with E-state index in [0.29, 0.717) is 13.1 Å². The van der Waals surface area contributed by atoms with E-state index in [2.05, 4.69) is 39.5 Å². The number of aryl methyl sites for hydroxylation is 2. The number of carbonyl (C=O) groups excluding carboxylic acids is 1. The summed E-state index contributed by atoms with van der Waals surface area (Å²) >= 11 is 0. The molecule has 0 radical (unpaired) electrons. The number of benzene rings is 2. The molecule has 0 bridgehead atoms. The second-order valence-electron chi connectivity index (χ2n) is 8.98. The molecule has 1 saturated heterocycles. The van der Waals surface area contributed by atoms with Gasteiger partial charge in [0.05, 0.1) is 28.4 Å². The lowest BCUT2D eigenvalue weighted by molar-refractivity contribution is -0.125. The maximum atomic E-state index is 12.9. The third-order valence-corrected chi connectivity index (χ3v) is 6.63. The third-order valence-electron chi connectivity index (χ3n) is 6.63. The first-order chi connectivity index (χ1) is 16.6. The normalized spacial score (nSPS) is 16.1. The van der Waals surface area contributed by atoms with Crippen LogP contribution in [0.4, 0.5) is 5.82 Å². The van der Waals surface area contributed by atoms with Crippen LogP contribution in [-0.2, 0) is 11.2 Å². The molecule has 0 aliphatic carbocycles. The zero-order valence-electron chi connectivity index (χ0n) is 19.7. The van der Waals surface area contributed by atoms with Crippen molar-refractivity contribution in [2.75, 3.05) is 24.5 Å². The molecule has 1 unspecified atom stereocenters. The predicted molar refractivity (Wildman–Crippen MR) is 134 cm³/mol. The molecule has 3 heterocycles. The number of carbonyl (C=O) groups is 1. The molecule has 174 valence electrons. The Labute approximate surface area is 199 Å². The molecule has 7 heteroatoms. The Balaban J connectivity index is 1.35. The van der Waals surface area contributed by atoms with Gasteiger partial charge in [0.2, 0.25) is 5.91 Å². The fourth-order valence-electron chi connectivity index (χ4n) is 4.85. The lowest BCUT2D eigenvalue weighted by Gasteiger charge is -2.32. The van der Waals surface area contributed by atoms with E-state index in [0.717, 1.165) is 59.6 Å². The first-order valence-electron chi connectivity index (χ1n) is 12.0. The van der Waals surface area contributed by atoms with Crippen molar-refractivity contribution in [3.63, 3.8) is 0 Å². The van der Waals surface area contributed by atoms with Crippen molar-refractivity contribution in [3.05, 3.63) is 77.6 Å². The second-order valence-corrected chi connectivity index (χ2v) is 8.98. The molecule has 34 heavy (non-hydrogen) atoms. The summed E-state index contributed by atoms with van der Waals surface area (Å²) in [6.45, 7) is 6.16. The molecule has 0 saturated carbocycles. The predicted octanol–water partition coefficient (Wildman–Crippen LogP) is 4.01. The van der Waals surface area contributed by atoms with E-state index in [1.54, 1.807) is 0 Å². The SMILES string of the molecule is Cc1nnc(N2CCCC(C(=O)NCCc3ccccc3)C2)c2nn(-c3ccccc3)c(C)c12. The number of hydrogen-bond acceptors (Lipinski definition) is 5. The van der Waals surface area contributed by atoms with Gasteiger partial charge in [-0.2, -0.15) is 10.2 Å². The van der Waals surface area contributed by atoms with Crippen LogP contribution in [0.15, 0.2) is 60.7 Å². The monoisotopic (exact) mass is 454 g/mol. The summed E-state index contributed by atoms with van der Waals surface area (Å²) in [5.41, 5.74) is 5.00. The van der Waals surface area contributed by atoms with E-state index in [1.807, 2.05) is 60.1 Å². The van der Waals surface area contributed by atoms with Crippen LogP contribution in [0.1, 0.15) is 29.8 Å². The first kappa shape index (κ1) is 22.1. The molecule has 1 fully saturated rings. The lowest BCUT2D eigenvalue weighted by atomic mass is 9.97. The quantitative estimate of drug-likeness (QED) is 0.476. The van der Waals surface area contributed by atoms with Crippen LogP contribution >= 0.6 is 0 Å². The summed E-state index contributed by atoms with van der Waals surface area (Å²) in [4.78, 5) is 15.1. The largest absolute Gasteiger partial charge is 0.355 e. The minimum Gasteiger partial charge on any atom is -0.355 e. The molecule has 0 spiro atoms. The Kier molecular flexibility index (Phi) is 6.25. The van der Waals surface area contributed by atoms with Crippen LogP contribution in [0.25, 0.3) is 16.6 Å². The van der Waals surface area contributed by atoms with E-state index >= 15 is 0 Å². The standard InChI is InChI=1S/C27H30N6O/c1-19-24-20(2)33(23-13-7-4-8-14-23)31-25(24)26(30-29-19)32-17-9-12-22(18-32)27(34)28-16-15-21-10-5-3-6-11-21/h3-8,10-11,13-14,22H,9,12,15-18H2,1-2H3,(H,28,34). The Bertz CT molecular complexity index is 1280. The molecule has 7 nitrogen and oxygen atoms in total. The molecule has 1 aliphatic rings. The third kappa shape index (κ3) is 4.38. The topological polar surface area (TPSA) is 75.9 Å². The molecule has 4 aromatic rings. The van der Waals surface area contributed by atoms with Gasteiger partial charge >= 0.3 is 0 Å². The van der Waals surface area contributed by atoms with Gasteiger partial charge < -0.3 is 10.2 Å². The maximum absolute atomic E-state index is 12.9. The van der Waals surface area contributed by atoms with Gasteiger partial charge in [0.15, 0.2) is 5.82 Å². The maximum Gasteiger partial charge on any atom is 0.224 e. The van der Waals surface area contributed by atoms with Crippen molar-refractivity contribution >= 4 is 22.6 Å². The molecule has 1 atom stereocenters. The van der Waals surface area contributed by atoms with Crippen molar-refractivity contribution in [1.29, 1.82) is 0 Å². The Morgan fingerprint density at radius 3 is 2.53 bits per heavy atom. The highest BCUT2D eigenvalue weighted by Crippen LogP contribution is 2.31. The average molecular weight is 455 g/mol. The van der Waals surface area contributed by atoms with E-state index in [1.165, 1.54) is 5.56 Å². The number of anilines is 1. The molecule has 1 aliphatic heterocycles. The minimum atomic E-state index is -0.0695. The van der Waals surface area contributed by atoms with E-state index in [9.17, 15) is 4.79 Å². The Morgan fingerprint density at radius 2 is 1.76 bits per heavy atom. The van der Waals surface area contributed by atoms with Gasteiger partial charge in [0, 0.05) is 19.6 Å². The van der Waals surface area contributed by atoms with Crippen LogP contribution < -0.4 is 10.2 Å². The molecular formula is C27H30N6O. The van der Waals surface area contributed by atoms with Crippen molar-refractivity contribution in [2.45, 2.75) is 33.1 Å². The zero-order chi connectivity index (χ0) is 23.5. The minimum absolute atomic E-state index is 0.0695. The van der Waals surface area contributed by atoms with Gasteiger partial charge in [0.25, 0.3) is 0 Å². The van der Waals surface area contributed by atoms with Crippen molar-refractivity contribution in [2.24, 2.45) is 5.92 Å². The van der Waals surface area contributed by atoms with Crippen LogP contribution in [0.5, 0.6) is 0 Å². The summed E-state index contributed by atoms with van der Waals surface area (Å²) in [5.74, 6) is 0.808. The second kappa shape index (κ2) is 9.63. The fourth-order valence-corrected chi connectivity index (χ4v) is 4.85. The number of nitrogens with zero attached hydrogens (tertiary/aromatic N) is 5. The highest BCUT2D eigenvalue weighted by Gasteiger charge is 2.29. The summed E-state index contributed by atoms with van der Waals surface area (Å²) in [6, 6.07) is 20.4. The zero-order valence-corrected chi connectivity index (χ0v) is 19.7. The number of rotatable bonds is 6. The van der Waals surface area contributed by atoms with Gasteiger partial charge in [0.1, 0.15) is 5.52 Å². The number of fused-ring (bicyclic) bond motifs is 1. The number of piperidine rings is 1. The van der Waals surface area contributed by atoms with Crippen molar-refractivity contribution in [1.82, 2.24) is 25.3 Å². The van der Waals surface area contributed by atoms with Gasteiger partial charge in [-0.15, -0.1) is 5.10 Å². The van der Waals surface area contributed by atoms with Gasteiger partial charge in [-0.3, -0.25) is 4.79 Å². The van der Waals surface area contributed by atoms with Crippen molar-refractivity contribution in [3.8, 4) is 5.69 Å². The Hall–Kier alpha value is -3.74. The van der Waals surface area contributed by atoms with Crippen molar-refractivity contribution < 1.29 is 4.79 Å². The van der Waals surface area contributed by atoms with E-state index in [4.69, 9.17) is 5.10 Å². The van der Waals surface area contributed by atoms with Crippen LogP contribution in [0.3, 0.4) is 0 Å². The smallest absolute Gasteiger partial charge is 0.224 e. The van der Waals surface area contributed by atoms with Gasteiger partial charge in [-0.05, 0) is 50.8 Å². The molecule has 2 aromatic carbocycles. The van der Waals surface area contributed by atoms with Crippen LogP contribution in [0, 0.1) is 19.8 Å². The highest BCUT2D eigenvalue weighted by atomic mass is 16.1. The number of amides is 1. The molecule has 2 aromatic heterocycles. The average Bonchev–Trinajstić information content (AvgIpc) is 3.23. The van der Waals surface area contributed by atoms with Crippen LogP contribution in [0.2, 0.25) is 0 Å². The van der Waals surface area contributed by atoms with Gasteiger partial charge in [-0.25, -0.2) is 4.68 Å². The summed E-state index contributed by atoms with van der Waals surface area (Å²) in [7, 11) is 0. The molecule has 5 rings (SSSR count). The highest BCUT2D eigenvalue weighted by molar-refractivity contribution is 5.92. The number of aromatic nitrogens is 4. The summed E-state index contributed by atoms with van der Waals surface area (Å²) in [5, 5.41) is 18.1. The first-order valence-corrected chi connectivity index (χ1v) is 12.0. The lowest BCUT2D eigenvalue weighted by Crippen LogP contribution is -2.44. The number of nitrogens with one attached hydrogen (secondary N) is 1. The van der Waals surface area contributed by atoms with Crippen LogP contribution in [-0.4, -0.2) is 45.5 Å². The number of para-hydroxylation sites is 1. The summed E-state index contributed by atoms with van der Waals surface area (Å²) < 4.78 is 1.96. The van der Waals surface area contributed by atoms with Gasteiger partial charge in [-0.1, -0.05) is 48.5 Å². The molecule has 1 amide bonds. The molecular weight excluding hydrogens is 424 g/mol. The Morgan fingerprint density at radius 1 is 1.03 bits per heavy atom. The summed E-state index contributed by atoms with van der Waals surface area (Å²) in [6.07, 6.45) is 2.66. The van der Waals surface area contributed by atoms with E-state index in [-0.39, 0.29) is 11.8 Å². The van der Waals surface area contributed by atoms with E-state index < -0.39 is 0 Å². The molecule has 1 N–H and O–H groups in total. The number of hydrogen-bond donors (Lipinski definition) is 1. The fraction of sp³-hybridized carbons (Fsp3) is 0.333.